The molecule has 2 fully saturated rings. The molecule has 0 spiro atoms. The molecule has 2 rings (SSSR count). The molecule has 0 aromatic carbocycles. The average Bonchev–Trinajstić information content (AvgIpc) is 2.83. The first kappa shape index (κ1) is 12.4. The molecule has 0 bridgehead atoms. The number of carboxylic acids is 1. The molecule has 0 aromatic rings. The molecule has 1 heterocycles. The minimum absolute atomic E-state index is 0.0272. The number of carboxylic acid groups (broad SMARTS) is 1. The second-order valence-corrected chi connectivity index (χ2v) is 4.99. The highest BCUT2D eigenvalue weighted by atomic mass is 16.4. The quantitative estimate of drug-likeness (QED) is 0.671. The summed E-state index contributed by atoms with van der Waals surface area (Å²) in [5, 5.41) is 15.2. The van der Waals surface area contributed by atoms with E-state index in [0.29, 0.717) is 6.42 Å². The standard InChI is InChI=1S/C12H20N2O3/c15-11(10-6-3-7-13-10)14-9-5-2-1-4-8(9)12(16)17/h8-10,13H,1-7H2,(H,14,15)(H,16,17)/t8?,9?,10-/m1/s1. The van der Waals surface area contributed by atoms with Crippen LogP contribution in [0.15, 0.2) is 0 Å². The number of rotatable bonds is 3. The summed E-state index contributed by atoms with van der Waals surface area (Å²) in [6.07, 6.45) is 5.30. The van der Waals surface area contributed by atoms with Crippen molar-refractivity contribution in [3.63, 3.8) is 0 Å². The van der Waals surface area contributed by atoms with Gasteiger partial charge in [0.25, 0.3) is 0 Å². The number of carbonyl (C=O) groups is 2. The van der Waals surface area contributed by atoms with Crippen LogP contribution in [0.5, 0.6) is 0 Å². The summed E-state index contributed by atoms with van der Waals surface area (Å²) in [4.78, 5) is 23.0. The van der Waals surface area contributed by atoms with Crippen molar-refractivity contribution in [3.8, 4) is 0 Å². The topological polar surface area (TPSA) is 78.4 Å². The Bertz CT molecular complexity index is 300. The van der Waals surface area contributed by atoms with Gasteiger partial charge in [-0.05, 0) is 32.2 Å². The molecule has 1 saturated carbocycles. The Hall–Kier alpha value is -1.10. The van der Waals surface area contributed by atoms with Gasteiger partial charge >= 0.3 is 5.97 Å². The molecule has 0 aromatic heterocycles. The summed E-state index contributed by atoms with van der Waals surface area (Å²) >= 11 is 0. The second-order valence-electron chi connectivity index (χ2n) is 4.99. The summed E-state index contributed by atoms with van der Waals surface area (Å²) in [6.45, 7) is 0.880. The van der Waals surface area contributed by atoms with E-state index >= 15 is 0 Å². The van der Waals surface area contributed by atoms with Crippen LogP contribution in [-0.4, -0.2) is 35.6 Å². The lowest BCUT2D eigenvalue weighted by Gasteiger charge is -2.30. The van der Waals surface area contributed by atoms with Crippen LogP contribution in [0, 0.1) is 5.92 Å². The van der Waals surface area contributed by atoms with E-state index in [2.05, 4.69) is 10.6 Å². The lowest BCUT2D eigenvalue weighted by Crippen LogP contribution is -2.50. The molecule has 1 saturated heterocycles. The van der Waals surface area contributed by atoms with Crippen molar-refractivity contribution in [1.82, 2.24) is 10.6 Å². The third-order valence-corrected chi connectivity index (χ3v) is 3.79. The van der Waals surface area contributed by atoms with Gasteiger partial charge in [-0.1, -0.05) is 12.8 Å². The smallest absolute Gasteiger partial charge is 0.308 e. The first-order valence-electron chi connectivity index (χ1n) is 6.45. The summed E-state index contributed by atoms with van der Waals surface area (Å²) in [6, 6.07) is -0.303. The molecule has 3 N–H and O–H groups in total. The first-order valence-corrected chi connectivity index (χ1v) is 6.45. The van der Waals surface area contributed by atoms with Gasteiger partial charge in [-0.15, -0.1) is 0 Å². The van der Waals surface area contributed by atoms with Crippen molar-refractivity contribution in [2.24, 2.45) is 5.92 Å². The van der Waals surface area contributed by atoms with Crippen LogP contribution in [0.3, 0.4) is 0 Å². The highest BCUT2D eigenvalue weighted by molar-refractivity contribution is 5.83. The third kappa shape index (κ3) is 2.97. The van der Waals surface area contributed by atoms with Crippen LogP contribution in [0.1, 0.15) is 38.5 Å². The van der Waals surface area contributed by atoms with Crippen LogP contribution in [0.2, 0.25) is 0 Å². The van der Waals surface area contributed by atoms with Crippen molar-refractivity contribution in [2.75, 3.05) is 6.54 Å². The predicted octanol–water partition coefficient (Wildman–Crippen LogP) is 0.498. The maximum atomic E-state index is 11.9. The zero-order chi connectivity index (χ0) is 12.3. The zero-order valence-electron chi connectivity index (χ0n) is 9.95. The number of aliphatic carboxylic acids is 1. The average molecular weight is 240 g/mol. The van der Waals surface area contributed by atoms with Gasteiger partial charge in [0.1, 0.15) is 0 Å². The minimum Gasteiger partial charge on any atom is -0.481 e. The fourth-order valence-corrected chi connectivity index (χ4v) is 2.79. The van der Waals surface area contributed by atoms with E-state index in [1.807, 2.05) is 0 Å². The Kier molecular flexibility index (Phi) is 3.99. The molecule has 1 aliphatic heterocycles. The van der Waals surface area contributed by atoms with Gasteiger partial charge in [0, 0.05) is 6.04 Å². The number of amides is 1. The summed E-state index contributed by atoms with van der Waals surface area (Å²) in [5.74, 6) is -1.22. The Morgan fingerprint density at radius 1 is 1.12 bits per heavy atom. The molecular weight excluding hydrogens is 220 g/mol. The van der Waals surface area contributed by atoms with Crippen LogP contribution >= 0.6 is 0 Å². The second kappa shape index (κ2) is 5.49. The SMILES string of the molecule is O=C(O)C1CCCCC1NC(=O)[C@H]1CCCN1. The molecule has 5 heteroatoms. The van der Waals surface area contributed by atoms with Gasteiger partial charge in [0.2, 0.25) is 5.91 Å². The predicted molar refractivity (Wildman–Crippen MR) is 62.5 cm³/mol. The molecule has 1 aliphatic carbocycles. The Labute approximate surface area is 101 Å². The largest absolute Gasteiger partial charge is 0.481 e. The summed E-state index contributed by atoms with van der Waals surface area (Å²) < 4.78 is 0. The number of carbonyl (C=O) groups excluding carboxylic acids is 1. The third-order valence-electron chi connectivity index (χ3n) is 3.79. The molecule has 2 unspecified atom stereocenters. The summed E-state index contributed by atoms with van der Waals surface area (Å²) in [5.41, 5.74) is 0. The normalized spacial score (nSPS) is 33.3. The number of hydrogen-bond acceptors (Lipinski definition) is 3. The van der Waals surface area contributed by atoms with Gasteiger partial charge in [-0.3, -0.25) is 9.59 Å². The highest BCUT2D eigenvalue weighted by Gasteiger charge is 2.33. The molecule has 1 amide bonds. The van der Waals surface area contributed by atoms with Crippen LogP contribution in [0.25, 0.3) is 0 Å². The lowest BCUT2D eigenvalue weighted by molar-refractivity contribution is -0.144. The van der Waals surface area contributed by atoms with Gasteiger partial charge in [-0.2, -0.15) is 0 Å². The van der Waals surface area contributed by atoms with Crippen molar-refractivity contribution in [2.45, 2.75) is 50.6 Å². The van der Waals surface area contributed by atoms with Crippen molar-refractivity contribution >= 4 is 11.9 Å². The van der Waals surface area contributed by atoms with E-state index in [1.165, 1.54) is 0 Å². The van der Waals surface area contributed by atoms with E-state index in [-0.39, 0.29) is 18.0 Å². The molecule has 5 nitrogen and oxygen atoms in total. The molecule has 3 atom stereocenters. The fraction of sp³-hybridized carbons (Fsp3) is 0.833. The minimum atomic E-state index is -0.783. The van der Waals surface area contributed by atoms with Gasteiger partial charge in [0.05, 0.1) is 12.0 Å². The van der Waals surface area contributed by atoms with Crippen molar-refractivity contribution < 1.29 is 14.7 Å². The van der Waals surface area contributed by atoms with Crippen LogP contribution in [-0.2, 0) is 9.59 Å². The maximum absolute atomic E-state index is 11.9. The van der Waals surface area contributed by atoms with E-state index in [9.17, 15) is 9.59 Å². The van der Waals surface area contributed by atoms with Crippen LogP contribution in [0.4, 0.5) is 0 Å². The van der Waals surface area contributed by atoms with Gasteiger partial charge < -0.3 is 15.7 Å². The fourth-order valence-electron chi connectivity index (χ4n) is 2.79. The van der Waals surface area contributed by atoms with Crippen molar-refractivity contribution in [3.05, 3.63) is 0 Å². The Morgan fingerprint density at radius 2 is 1.88 bits per heavy atom. The molecule has 17 heavy (non-hydrogen) atoms. The van der Waals surface area contributed by atoms with Gasteiger partial charge in [-0.25, -0.2) is 0 Å². The molecular formula is C12H20N2O3. The van der Waals surface area contributed by atoms with E-state index in [0.717, 1.165) is 38.6 Å². The Balaban J connectivity index is 1.90. The monoisotopic (exact) mass is 240 g/mol. The maximum Gasteiger partial charge on any atom is 0.308 e. The van der Waals surface area contributed by atoms with E-state index < -0.39 is 11.9 Å². The summed E-state index contributed by atoms with van der Waals surface area (Å²) in [7, 11) is 0. The lowest BCUT2D eigenvalue weighted by atomic mass is 9.84. The van der Waals surface area contributed by atoms with Crippen LogP contribution < -0.4 is 10.6 Å². The van der Waals surface area contributed by atoms with E-state index in [1.54, 1.807) is 0 Å². The first-order chi connectivity index (χ1) is 8.18. The molecule has 0 radical (unpaired) electrons. The highest BCUT2D eigenvalue weighted by Crippen LogP contribution is 2.25. The number of nitrogens with one attached hydrogen (secondary N) is 2. The Morgan fingerprint density at radius 3 is 2.53 bits per heavy atom. The van der Waals surface area contributed by atoms with Gasteiger partial charge in [0.15, 0.2) is 0 Å². The number of hydrogen-bond donors (Lipinski definition) is 3. The molecule has 2 aliphatic rings. The van der Waals surface area contributed by atoms with E-state index in [4.69, 9.17) is 5.11 Å². The molecule has 96 valence electrons. The zero-order valence-corrected chi connectivity index (χ0v) is 9.95. The van der Waals surface area contributed by atoms with Crippen molar-refractivity contribution in [1.29, 1.82) is 0 Å².